The van der Waals surface area contributed by atoms with Crippen molar-refractivity contribution in [1.82, 2.24) is 14.8 Å². The van der Waals surface area contributed by atoms with E-state index in [9.17, 15) is 0 Å². The summed E-state index contributed by atoms with van der Waals surface area (Å²) >= 11 is 5.94. The Hall–Kier alpha value is -1.39. The predicted molar refractivity (Wildman–Crippen MR) is 67.9 cm³/mol. The number of rotatable bonds is 5. The second kappa shape index (κ2) is 5.80. The topological polar surface area (TPSA) is 56.7 Å². The molecule has 17 heavy (non-hydrogen) atoms. The van der Waals surface area contributed by atoms with E-state index in [1.807, 2.05) is 22.8 Å². The first-order valence-corrected chi connectivity index (χ1v) is 5.98. The maximum Gasteiger partial charge on any atom is 0.134 e. The first-order chi connectivity index (χ1) is 8.29. The summed E-state index contributed by atoms with van der Waals surface area (Å²) < 4.78 is 2.04. The average molecular weight is 251 g/mol. The molecular weight excluding hydrogens is 236 g/mol. The molecule has 1 heterocycles. The van der Waals surface area contributed by atoms with Crippen molar-refractivity contribution in [2.45, 2.75) is 19.4 Å². The van der Waals surface area contributed by atoms with Gasteiger partial charge in [0.25, 0.3) is 0 Å². The highest BCUT2D eigenvalue weighted by Crippen LogP contribution is 2.12. The van der Waals surface area contributed by atoms with Gasteiger partial charge in [-0.1, -0.05) is 23.7 Å². The minimum absolute atomic E-state index is 0.593. The molecule has 0 aliphatic heterocycles. The van der Waals surface area contributed by atoms with Crippen LogP contribution in [0.25, 0.3) is 0 Å². The highest BCUT2D eigenvalue weighted by molar-refractivity contribution is 6.30. The van der Waals surface area contributed by atoms with Crippen LogP contribution in [0.5, 0.6) is 0 Å². The summed E-state index contributed by atoms with van der Waals surface area (Å²) in [5.41, 5.74) is 6.73. The minimum Gasteiger partial charge on any atom is -0.330 e. The van der Waals surface area contributed by atoms with Gasteiger partial charge in [-0.25, -0.2) is 0 Å². The van der Waals surface area contributed by atoms with Crippen LogP contribution in [0.4, 0.5) is 0 Å². The van der Waals surface area contributed by atoms with Crippen molar-refractivity contribution in [2.75, 3.05) is 6.54 Å². The molecule has 90 valence electrons. The van der Waals surface area contributed by atoms with Crippen LogP contribution in [0.1, 0.15) is 11.4 Å². The number of aromatic nitrogens is 3. The highest BCUT2D eigenvalue weighted by atomic mass is 35.5. The zero-order valence-corrected chi connectivity index (χ0v) is 10.3. The minimum atomic E-state index is 0.593. The average Bonchev–Trinajstić information content (AvgIpc) is 2.75. The van der Waals surface area contributed by atoms with E-state index in [-0.39, 0.29) is 0 Å². The largest absolute Gasteiger partial charge is 0.330 e. The van der Waals surface area contributed by atoms with E-state index >= 15 is 0 Å². The maximum absolute atomic E-state index is 5.94. The Labute approximate surface area is 105 Å². The van der Waals surface area contributed by atoms with E-state index < -0.39 is 0 Å². The first-order valence-electron chi connectivity index (χ1n) is 5.61. The molecule has 0 bridgehead atoms. The summed E-state index contributed by atoms with van der Waals surface area (Å²) in [6.45, 7) is 1.44. The summed E-state index contributed by atoms with van der Waals surface area (Å²) in [7, 11) is 0. The van der Waals surface area contributed by atoms with Crippen LogP contribution in [0.2, 0.25) is 5.02 Å². The van der Waals surface area contributed by atoms with Gasteiger partial charge in [-0.05, 0) is 30.7 Å². The Kier molecular flexibility index (Phi) is 4.12. The number of benzene rings is 1. The summed E-state index contributed by atoms with van der Waals surface area (Å²) in [5.74, 6) is 0.939. The Morgan fingerprint density at radius 1 is 1.29 bits per heavy atom. The number of hydrogen-bond donors (Lipinski definition) is 1. The highest BCUT2D eigenvalue weighted by Gasteiger charge is 2.03. The summed E-state index contributed by atoms with van der Waals surface area (Å²) in [6.07, 6.45) is 3.42. The van der Waals surface area contributed by atoms with Crippen molar-refractivity contribution in [1.29, 1.82) is 0 Å². The Morgan fingerprint density at radius 2 is 2.18 bits per heavy atom. The third kappa shape index (κ3) is 3.28. The van der Waals surface area contributed by atoms with Gasteiger partial charge in [-0.2, -0.15) is 0 Å². The molecule has 2 aromatic rings. The lowest BCUT2D eigenvalue weighted by Crippen LogP contribution is -2.11. The van der Waals surface area contributed by atoms with Gasteiger partial charge in [-0.3, -0.25) is 0 Å². The predicted octanol–water partition coefficient (Wildman–Crippen LogP) is 1.68. The van der Waals surface area contributed by atoms with Gasteiger partial charge in [-0.15, -0.1) is 10.2 Å². The van der Waals surface area contributed by atoms with E-state index in [0.717, 1.165) is 30.2 Å². The number of hydrogen-bond acceptors (Lipinski definition) is 3. The normalized spacial score (nSPS) is 10.7. The molecule has 0 fully saturated rings. The maximum atomic E-state index is 5.94. The fourth-order valence-corrected chi connectivity index (χ4v) is 1.94. The number of nitrogens with zero attached hydrogens (tertiary/aromatic N) is 3. The quantitative estimate of drug-likeness (QED) is 0.878. The van der Waals surface area contributed by atoms with Crippen molar-refractivity contribution >= 4 is 11.6 Å². The third-order valence-electron chi connectivity index (χ3n) is 2.59. The van der Waals surface area contributed by atoms with Crippen LogP contribution in [-0.2, 0) is 19.4 Å². The van der Waals surface area contributed by atoms with Crippen LogP contribution in [0, 0.1) is 0 Å². The molecule has 0 spiro atoms. The van der Waals surface area contributed by atoms with Crippen molar-refractivity contribution in [2.24, 2.45) is 5.73 Å². The molecule has 2 N–H and O–H groups in total. The lowest BCUT2D eigenvalue weighted by molar-refractivity contribution is 0.648. The van der Waals surface area contributed by atoms with Crippen molar-refractivity contribution < 1.29 is 0 Å². The van der Waals surface area contributed by atoms with E-state index in [0.29, 0.717) is 6.54 Å². The molecule has 0 radical (unpaired) electrons. The summed E-state index contributed by atoms with van der Waals surface area (Å²) in [6, 6.07) is 7.89. The summed E-state index contributed by atoms with van der Waals surface area (Å²) in [5, 5.41) is 8.72. The van der Waals surface area contributed by atoms with Gasteiger partial charge in [0.15, 0.2) is 0 Å². The Bertz CT molecular complexity index is 481. The van der Waals surface area contributed by atoms with E-state index in [2.05, 4.69) is 16.3 Å². The molecule has 0 aliphatic rings. The second-order valence-electron chi connectivity index (χ2n) is 3.86. The zero-order valence-electron chi connectivity index (χ0n) is 9.51. The Balaban J connectivity index is 1.99. The van der Waals surface area contributed by atoms with Gasteiger partial charge in [0.1, 0.15) is 12.2 Å². The van der Waals surface area contributed by atoms with Gasteiger partial charge < -0.3 is 10.3 Å². The first kappa shape index (κ1) is 12.1. The van der Waals surface area contributed by atoms with Crippen LogP contribution in [-0.4, -0.2) is 21.3 Å². The standard InChI is InChI=1S/C12H15ClN4/c13-11-3-1-2-10(8-11)5-7-17-9-15-16-12(17)4-6-14/h1-3,8-9H,4-7,14H2. The smallest absolute Gasteiger partial charge is 0.134 e. The molecule has 0 atom stereocenters. The number of halogens is 1. The monoisotopic (exact) mass is 250 g/mol. The Morgan fingerprint density at radius 3 is 2.94 bits per heavy atom. The number of aryl methyl sites for hydroxylation is 2. The molecule has 1 aromatic heterocycles. The van der Waals surface area contributed by atoms with Crippen molar-refractivity contribution in [3.8, 4) is 0 Å². The molecule has 0 amide bonds. The summed E-state index contributed by atoms with van der Waals surface area (Å²) in [4.78, 5) is 0. The van der Waals surface area contributed by atoms with Gasteiger partial charge in [0, 0.05) is 18.0 Å². The second-order valence-corrected chi connectivity index (χ2v) is 4.30. The molecule has 5 heteroatoms. The van der Waals surface area contributed by atoms with Crippen LogP contribution >= 0.6 is 11.6 Å². The molecule has 2 rings (SSSR count). The SMILES string of the molecule is NCCc1nncn1CCc1cccc(Cl)c1. The van der Waals surface area contributed by atoms with Gasteiger partial charge in [0.05, 0.1) is 0 Å². The lowest BCUT2D eigenvalue weighted by atomic mass is 10.1. The third-order valence-corrected chi connectivity index (χ3v) is 2.83. The van der Waals surface area contributed by atoms with Crippen LogP contribution in [0.3, 0.4) is 0 Å². The van der Waals surface area contributed by atoms with Crippen molar-refractivity contribution in [3.05, 3.63) is 47.0 Å². The van der Waals surface area contributed by atoms with Crippen LogP contribution < -0.4 is 5.73 Å². The lowest BCUT2D eigenvalue weighted by Gasteiger charge is -2.06. The van der Waals surface area contributed by atoms with E-state index in [1.54, 1.807) is 6.33 Å². The number of nitrogens with two attached hydrogens (primary N) is 1. The molecule has 0 saturated heterocycles. The molecular formula is C12H15ClN4. The van der Waals surface area contributed by atoms with Crippen molar-refractivity contribution in [3.63, 3.8) is 0 Å². The van der Waals surface area contributed by atoms with Gasteiger partial charge >= 0.3 is 0 Å². The molecule has 1 aromatic carbocycles. The molecule has 4 nitrogen and oxygen atoms in total. The molecule has 0 saturated carbocycles. The van der Waals surface area contributed by atoms with Gasteiger partial charge in [0.2, 0.25) is 0 Å². The van der Waals surface area contributed by atoms with Crippen LogP contribution in [0.15, 0.2) is 30.6 Å². The molecule has 0 aliphatic carbocycles. The van der Waals surface area contributed by atoms with E-state index in [1.165, 1.54) is 5.56 Å². The fraction of sp³-hybridized carbons (Fsp3) is 0.333. The fourth-order valence-electron chi connectivity index (χ4n) is 1.73. The molecule has 0 unspecified atom stereocenters. The zero-order chi connectivity index (χ0) is 12.1. The van der Waals surface area contributed by atoms with E-state index in [4.69, 9.17) is 17.3 Å².